The molecule has 2 aromatic rings. The van der Waals surface area contributed by atoms with Gasteiger partial charge in [0.2, 0.25) is 0 Å². The molecule has 0 fully saturated rings. The van der Waals surface area contributed by atoms with Gasteiger partial charge in [0.15, 0.2) is 0 Å². The second-order valence-electron chi connectivity index (χ2n) is 6.10. The fraction of sp³-hybridized carbons (Fsp3) is 0.556. The highest BCUT2D eigenvalue weighted by molar-refractivity contribution is 5.86. The molecular weight excluding hydrogens is 260 g/mol. The lowest BCUT2D eigenvalue weighted by Gasteiger charge is -2.33. The van der Waals surface area contributed by atoms with E-state index in [1.165, 1.54) is 54.5 Å². The minimum Gasteiger partial charge on any atom is -0.497 e. The maximum atomic E-state index is 5.34. The number of unbranched alkanes of at least 4 members (excludes halogenated alkanes) is 2. The fourth-order valence-corrected chi connectivity index (χ4v) is 3.51. The molecule has 114 valence electrons. The predicted molar refractivity (Wildman–Crippen MR) is 88.1 cm³/mol. The average molecular weight is 286 g/mol. The topological polar surface area (TPSA) is 28.3 Å². The number of aromatic amines is 1. The molecule has 0 saturated carbocycles. The summed E-state index contributed by atoms with van der Waals surface area (Å²) in [4.78, 5) is 6.25. The number of hydrogen-bond acceptors (Lipinski definition) is 2. The third kappa shape index (κ3) is 2.67. The van der Waals surface area contributed by atoms with Crippen molar-refractivity contribution in [3.63, 3.8) is 0 Å². The summed E-state index contributed by atoms with van der Waals surface area (Å²) < 4.78 is 5.34. The predicted octanol–water partition coefficient (Wildman–Crippen LogP) is 4.29. The van der Waals surface area contributed by atoms with Crippen molar-refractivity contribution >= 4 is 10.9 Å². The molecular formula is C18H26N2O. The minimum atomic E-state index is 0.490. The number of hydrogen-bond donors (Lipinski definition) is 1. The van der Waals surface area contributed by atoms with Crippen LogP contribution < -0.4 is 4.74 Å². The molecule has 3 nitrogen and oxygen atoms in total. The van der Waals surface area contributed by atoms with Crippen LogP contribution in [-0.4, -0.2) is 30.1 Å². The van der Waals surface area contributed by atoms with E-state index in [1.54, 1.807) is 7.11 Å². The average Bonchev–Trinajstić information content (AvgIpc) is 2.88. The van der Waals surface area contributed by atoms with Gasteiger partial charge in [0, 0.05) is 35.2 Å². The summed E-state index contributed by atoms with van der Waals surface area (Å²) in [6.07, 6.45) is 5.09. The molecule has 3 heteroatoms. The highest BCUT2D eigenvalue weighted by Crippen LogP contribution is 2.35. The summed E-state index contributed by atoms with van der Waals surface area (Å²) >= 11 is 0. The van der Waals surface area contributed by atoms with Crippen LogP contribution in [0.2, 0.25) is 0 Å². The van der Waals surface area contributed by atoms with Gasteiger partial charge in [-0.15, -0.1) is 0 Å². The molecule has 21 heavy (non-hydrogen) atoms. The Morgan fingerprint density at radius 1 is 1.33 bits per heavy atom. The number of ether oxygens (including phenoxy) is 1. The molecule has 3 rings (SSSR count). The molecule has 1 aromatic heterocycles. The van der Waals surface area contributed by atoms with Crippen LogP contribution in [-0.2, 0) is 6.42 Å². The number of nitrogens with zero attached hydrogens (tertiary/aromatic N) is 1. The largest absolute Gasteiger partial charge is 0.497 e. The van der Waals surface area contributed by atoms with E-state index in [2.05, 4.69) is 41.9 Å². The van der Waals surface area contributed by atoms with Gasteiger partial charge in [-0.25, -0.2) is 0 Å². The van der Waals surface area contributed by atoms with Crippen LogP contribution in [0.15, 0.2) is 18.2 Å². The monoisotopic (exact) mass is 286 g/mol. The Kier molecular flexibility index (Phi) is 4.20. The van der Waals surface area contributed by atoms with Gasteiger partial charge < -0.3 is 9.72 Å². The molecule has 0 amide bonds. The molecule has 0 radical (unpaired) electrons. The first kappa shape index (κ1) is 14.5. The van der Waals surface area contributed by atoms with Crippen LogP contribution >= 0.6 is 0 Å². The van der Waals surface area contributed by atoms with Crippen LogP contribution in [0.1, 0.15) is 50.4 Å². The first-order valence-corrected chi connectivity index (χ1v) is 8.17. The van der Waals surface area contributed by atoms with E-state index in [4.69, 9.17) is 4.74 Å². The maximum absolute atomic E-state index is 5.34. The zero-order valence-corrected chi connectivity index (χ0v) is 13.4. The van der Waals surface area contributed by atoms with E-state index in [0.29, 0.717) is 6.04 Å². The summed E-state index contributed by atoms with van der Waals surface area (Å²) in [5.74, 6) is 0.925. The third-order valence-corrected chi connectivity index (χ3v) is 4.81. The Bertz CT molecular complexity index is 617. The van der Waals surface area contributed by atoms with Gasteiger partial charge in [0.25, 0.3) is 0 Å². The second kappa shape index (κ2) is 6.10. The normalized spacial score (nSPS) is 18.9. The smallest absolute Gasteiger partial charge is 0.120 e. The minimum absolute atomic E-state index is 0.490. The van der Waals surface area contributed by atoms with Crippen molar-refractivity contribution in [2.45, 2.75) is 45.6 Å². The van der Waals surface area contributed by atoms with Gasteiger partial charge >= 0.3 is 0 Å². The van der Waals surface area contributed by atoms with Crippen molar-refractivity contribution in [2.75, 3.05) is 20.2 Å². The lowest BCUT2D eigenvalue weighted by Crippen LogP contribution is -2.34. The molecule has 1 atom stereocenters. The Hall–Kier alpha value is -1.48. The highest BCUT2D eigenvalue weighted by Gasteiger charge is 2.26. The SMILES string of the molecule is CCCCCN1CCc2c([nH]c3cc(OC)ccc23)C1C. The number of methoxy groups -OCH3 is 1. The molecule has 2 heterocycles. The van der Waals surface area contributed by atoms with Crippen LogP contribution in [0.3, 0.4) is 0 Å². The van der Waals surface area contributed by atoms with E-state index in [1.807, 2.05) is 0 Å². The molecule has 0 spiro atoms. The third-order valence-electron chi connectivity index (χ3n) is 4.81. The van der Waals surface area contributed by atoms with Gasteiger partial charge in [0.05, 0.1) is 7.11 Å². The molecule has 1 aromatic carbocycles. The van der Waals surface area contributed by atoms with Crippen molar-refractivity contribution in [1.82, 2.24) is 9.88 Å². The first-order chi connectivity index (χ1) is 10.2. The van der Waals surface area contributed by atoms with E-state index in [-0.39, 0.29) is 0 Å². The van der Waals surface area contributed by atoms with Crippen LogP contribution in [0, 0.1) is 0 Å². The summed E-state index contributed by atoms with van der Waals surface area (Å²) in [5.41, 5.74) is 4.12. The molecule has 1 aliphatic heterocycles. The maximum Gasteiger partial charge on any atom is 0.120 e. The quantitative estimate of drug-likeness (QED) is 0.831. The molecule has 0 saturated heterocycles. The fourth-order valence-electron chi connectivity index (χ4n) is 3.51. The van der Waals surface area contributed by atoms with Gasteiger partial charge in [-0.2, -0.15) is 0 Å². The Morgan fingerprint density at radius 3 is 2.95 bits per heavy atom. The second-order valence-corrected chi connectivity index (χ2v) is 6.10. The lowest BCUT2D eigenvalue weighted by atomic mass is 9.98. The lowest BCUT2D eigenvalue weighted by molar-refractivity contribution is 0.192. The highest BCUT2D eigenvalue weighted by atomic mass is 16.5. The van der Waals surface area contributed by atoms with Gasteiger partial charge in [0.1, 0.15) is 5.75 Å². The molecule has 0 aliphatic carbocycles. The number of aromatic nitrogens is 1. The number of rotatable bonds is 5. The van der Waals surface area contributed by atoms with Crippen LogP contribution in [0.5, 0.6) is 5.75 Å². The summed E-state index contributed by atoms with van der Waals surface area (Å²) in [5, 5.41) is 1.37. The number of benzene rings is 1. The van der Waals surface area contributed by atoms with Crippen molar-refractivity contribution in [3.8, 4) is 5.75 Å². The van der Waals surface area contributed by atoms with Crippen molar-refractivity contribution < 1.29 is 4.74 Å². The van der Waals surface area contributed by atoms with Crippen LogP contribution in [0.4, 0.5) is 0 Å². The zero-order valence-electron chi connectivity index (χ0n) is 13.4. The summed E-state index contributed by atoms with van der Waals surface area (Å²) in [6, 6.07) is 6.86. The van der Waals surface area contributed by atoms with E-state index >= 15 is 0 Å². The first-order valence-electron chi connectivity index (χ1n) is 8.17. The number of fused-ring (bicyclic) bond motifs is 3. The summed E-state index contributed by atoms with van der Waals surface area (Å²) in [7, 11) is 1.72. The van der Waals surface area contributed by atoms with Crippen molar-refractivity contribution in [3.05, 3.63) is 29.5 Å². The standard InChI is InChI=1S/C18H26N2O/c1-4-5-6-10-20-11-9-16-15-8-7-14(21-3)12-17(15)19-18(16)13(20)2/h7-8,12-13,19H,4-6,9-11H2,1-3H3. The van der Waals surface area contributed by atoms with Gasteiger partial charge in [-0.1, -0.05) is 19.8 Å². The Morgan fingerprint density at radius 2 is 2.19 bits per heavy atom. The van der Waals surface area contributed by atoms with E-state index in [0.717, 1.165) is 12.2 Å². The summed E-state index contributed by atoms with van der Waals surface area (Å²) in [6.45, 7) is 6.99. The molecule has 1 N–H and O–H groups in total. The van der Waals surface area contributed by atoms with E-state index in [9.17, 15) is 0 Å². The number of nitrogens with one attached hydrogen (secondary N) is 1. The van der Waals surface area contributed by atoms with E-state index < -0.39 is 0 Å². The Balaban J connectivity index is 1.87. The van der Waals surface area contributed by atoms with Gasteiger partial charge in [-0.3, -0.25) is 4.90 Å². The van der Waals surface area contributed by atoms with Crippen LogP contribution in [0.25, 0.3) is 10.9 Å². The zero-order chi connectivity index (χ0) is 14.8. The molecule has 1 unspecified atom stereocenters. The van der Waals surface area contributed by atoms with Gasteiger partial charge in [-0.05, 0) is 44.0 Å². The Labute approximate surface area is 127 Å². The van der Waals surface area contributed by atoms with Crippen molar-refractivity contribution in [1.29, 1.82) is 0 Å². The molecule has 1 aliphatic rings. The number of H-pyrrole nitrogens is 1. The molecule has 0 bridgehead atoms. The van der Waals surface area contributed by atoms with Crippen molar-refractivity contribution in [2.24, 2.45) is 0 Å².